The second kappa shape index (κ2) is 9.23. The van der Waals surface area contributed by atoms with Crippen molar-refractivity contribution in [2.75, 3.05) is 19.6 Å². The van der Waals surface area contributed by atoms with Gasteiger partial charge in [-0.2, -0.15) is 0 Å². The Kier molecular flexibility index (Phi) is 6.46. The second-order valence-electron chi connectivity index (χ2n) is 6.59. The normalized spacial score (nSPS) is 15.1. The van der Waals surface area contributed by atoms with Gasteiger partial charge in [0, 0.05) is 19.6 Å². The van der Waals surface area contributed by atoms with Crippen molar-refractivity contribution in [1.29, 1.82) is 0 Å². The third kappa shape index (κ3) is 5.61. The quantitative estimate of drug-likeness (QED) is 0.870. The van der Waals surface area contributed by atoms with Crippen LogP contribution in [0.5, 0.6) is 0 Å². The van der Waals surface area contributed by atoms with Crippen LogP contribution in [0.2, 0.25) is 0 Å². The van der Waals surface area contributed by atoms with Crippen molar-refractivity contribution in [3.63, 3.8) is 0 Å². The van der Waals surface area contributed by atoms with E-state index in [2.05, 4.69) is 29.6 Å². The number of amides is 1. The van der Waals surface area contributed by atoms with Crippen molar-refractivity contribution < 1.29 is 9.53 Å². The minimum Gasteiger partial charge on any atom is -0.445 e. The van der Waals surface area contributed by atoms with Gasteiger partial charge in [-0.1, -0.05) is 60.7 Å². The molecule has 0 saturated carbocycles. The molecule has 3 rings (SSSR count). The van der Waals surface area contributed by atoms with E-state index < -0.39 is 0 Å². The van der Waals surface area contributed by atoms with E-state index in [1.165, 1.54) is 5.56 Å². The van der Waals surface area contributed by atoms with Gasteiger partial charge < -0.3 is 15.0 Å². The number of carbonyl (C=O) groups excluding carboxylic acids is 1. The smallest absolute Gasteiger partial charge is 0.410 e. The van der Waals surface area contributed by atoms with E-state index in [0.29, 0.717) is 12.5 Å². The molecule has 2 aromatic rings. The molecule has 1 heterocycles. The van der Waals surface area contributed by atoms with Gasteiger partial charge in [-0.05, 0) is 36.4 Å². The monoisotopic (exact) mass is 338 g/mol. The summed E-state index contributed by atoms with van der Waals surface area (Å²) in [7, 11) is 0. The maximum Gasteiger partial charge on any atom is 0.410 e. The van der Waals surface area contributed by atoms with E-state index in [1.54, 1.807) is 0 Å². The zero-order chi connectivity index (χ0) is 17.3. The summed E-state index contributed by atoms with van der Waals surface area (Å²) in [5.41, 5.74) is 2.33. The van der Waals surface area contributed by atoms with Crippen LogP contribution in [0.3, 0.4) is 0 Å². The number of likely N-dealkylation sites (tertiary alicyclic amines) is 1. The molecule has 2 aromatic carbocycles. The molecule has 4 heteroatoms. The lowest BCUT2D eigenvalue weighted by Gasteiger charge is -2.31. The maximum absolute atomic E-state index is 12.2. The molecular formula is C21H26N2O2. The summed E-state index contributed by atoms with van der Waals surface area (Å²) < 4.78 is 5.41. The van der Waals surface area contributed by atoms with Gasteiger partial charge in [-0.3, -0.25) is 0 Å². The van der Waals surface area contributed by atoms with Gasteiger partial charge in [-0.15, -0.1) is 0 Å². The van der Waals surface area contributed by atoms with Crippen LogP contribution in [-0.4, -0.2) is 30.6 Å². The van der Waals surface area contributed by atoms with Crippen LogP contribution in [0.25, 0.3) is 0 Å². The fraction of sp³-hybridized carbons (Fsp3) is 0.381. The molecule has 1 amide bonds. The number of ether oxygens (including phenoxy) is 1. The second-order valence-corrected chi connectivity index (χ2v) is 6.59. The summed E-state index contributed by atoms with van der Waals surface area (Å²) in [6.07, 6.45) is 1.87. The van der Waals surface area contributed by atoms with E-state index in [4.69, 9.17) is 4.74 Å². The highest BCUT2D eigenvalue weighted by molar-refractivity contribution is 5.67. The lowest BCUT2D eigenvalue weighted by Crippen LogP contribution is -2.40. The van der Waals surface area contributed by atoms with E-state index in [0.717, 1.165) is 44.6 Å². The average molecular weight is 338 g/mol. The highest BCUT2D eigenvalue weighted by Gasteiger charge is 2.23. The van der Waals surface area contributed by atoms with Gasteiger partial charge in [0.05, 0.1) is 0 Å². The molecule has 0 atom stereocenters. The first kappa shape index (κ1) is 17.5. The topological polar surface area (TPSA) is 41.6 Å². The third-order valence-electron chi connectivity index (χ3n) is 4.68. The maximum atomic E-state index is 12.2. The number of hydrogen-bond donors (Lipinski definition) is 1. The van der Waals surface area contributed by atoms with Gasteiger partial charge in [-0.25, -0.2) is 4.79 Å². The Labute approximate surface area is 149 Å². The molecule has 1 fully saturated rings. The molecule has 0 aliphatic carbocycles. The molecule has 1 N–H and O–H groups in total. The molecule has 132 valence electrons. The number of hydrogen-bond acceptors (Lipinski definition) is 3. The molecule has 1 aliphatic rings. The van der Waals surface area contributed by atoms with Crippen LogP contribution >= 0.6 is 0 Å². The van der Waals surface area contributed by atoms with E-state index >= 15 is 0 Å². The van der Waals surface area contributed by atoms with Crippen molar-refractivity contribution in [2.45, 2.75) is 26.0 Å². The fourth-order valence-corrected chi connectivity index (χ4v) is 3.15. The van der Waals surface area contributed by atoms with Crippen LogP contribution in [0, 0.1) is 5.92 Å². The lowest BCUT2D eigenvalue weighted by atomic mass is 9.97. The molecule has 0 aromatic heterocycles. The number of piperidine rings is 1. The van der Waals surface area contributed by atoms with Crippen molar-refractivity contribution in [3.05, 3.63) is 71.8 Å². The number of rotatable bonds is 6. The highest BCUT2D eigenvalue weighted by Crippen LogP contribution is 2.17. The number of benzene rings is 2. The van der Waals surface area contributed by atoms with Crippen molar-refractivity contribution in [2.24, 2.45) is 5.92 Å². The summed E-state index contributed by atoms with van der Waals surface area (Å²) >= 11 is 0. The molecule has 0 bridgehead atoms. The van der Waals surface area contributed by atoms with E-state index in [1.807, 2.05) is 41.3 Å². The van der Waals surface area contributed by atoms with Crippen molar-refractivity contribution in [3.8, 4) is 0 Å². The summed E-state index contributed by atoms with van der Waals surface area (Å²) in [4.78, 5) is 14.0. The Hall–Kier alpha value is -2.33. The molecule has 4 nitrogen and oxygen atoms in total. The van der Waals surface area contributed by atoms with Gasteiger partial charge in [0.15, 0.2) is 0 Å². The third-order valence-corrected chi connectivity index (χ3v) is 4.68. The van der Waals surface area contributed by atoms with Crippen LogP contribution < -0.4 is 5.32 Å². The number of nitrogens with one attached hydrogen (secondary N) is 1. The molecular weight excluding hydrogens is 312 g/mol. The Morgan fingerprint density at radius 3 is 2.20 bits per heavy atom. The van der Waals surface area contributed by atoms with E-state index in [-0.39, 0.29) is 6.09 Å². The summed E-state index contributed by atoms with van der Waals surface area (Å²) in [5, 5.41) is 3.53. The van der Waals surface area contributed by atoms with Gasteiger partial charge in [0.2, 0.25) is 0 Å². The van der Waals surface area contributed by atoms with Crippen LogP contribution in [0.1, 0.15) is 24.0 Å². The first-order chi connectivity index (χ1) is 12.3. The first-order valence-electron chi connectivity index (χ1n) is 9.01. The fourth-order valence-electron chi connectivity index (χ4n) is 3.15. The summed E-state index contributed by atoms with van der Waals surface area (Å²) in [5.74, 6) is 0.627. The minimum absolute atomic E-state index is 0.195. The van der Waals surface area contributed by atoms with Crippen LogP contribution in [-0.2, 0) is 17.9 Å². The number of nitrogens with zero attached hydrogens (tertiary/aromatic N) is 1. The standard InChI is InChI=1S/C21H26N2O2/c24-21(25-17-20-9-5-2-6-10-20)23-13-11-19(12-14-23)16-22-15-18-7-3-1-4-8-18/h1-10,19,22H,11-17H2. The molecule has 0 radical (unpaired) electrons. The summed E-state index contributed by atoms with van der Waals surface area (Å²) in [6, 6.07) is 20.3. The largest absolute Gasteiger partial charge is 0.445 e. The molecule has 0 unspecified atom stereocenters. The van der Waals surface area contributed by atoms with Crippen LogP contribution in [0.15, 0.2) is 60.7 Å². The van der Waals surface area contributed by atoms with Crippen molar-refractivity contribution >= 4 is 6.09 Å². The molecule has 25 heavy (non-hydrogen) atoms. The average Bonchev–Trinajstić information content (AvgIpc) is 2.68. The Balaban J connectivity index is 1.33. The molecule has 1 saturated heterocycles. The van der Waals surface area contributed by atoms with Gasteiger partial charge >= 0.3 is 6.09 Å². The zero-order valence-electron chi connectivity index (χ0n) is 14.6. The minimum atomic E-state index is -0.195. The predicted molar refractivity (Wildman–Crippen MR) is 99.1 cm³/mol. The van der Waals surface area contributed by atoms with E-state index in [9.17, 15) is 4.79 Å². The van der Waals surface area contributed by atoms with Gasteiger partial charge in [0.25, 0.3) is 0 Å². The highest BCUT2D eigenvalue weighted by atomic mass is 16.6. The lowest BCUT2D eigenvalue weighted by molar-refractivity contribution is 0.0822. The SMILES string of the molecule is O=C(OCc1ccccc1)N1CCC(CNCc2ccccc2)CC1. The summed E-state index contributed by atoms with van der Waals surface area (Å²) in [6.45, 7) is 3.82. The Bertz CT molecular complexity index is 637. The Morgan fingerprint density at radius 1 is 0.960 bits per heavy atom. The first-order valence-corrected chi connectivity index (χ1v) is 9.01. The Morgan fingerprint density at radius 2 is 1.56 bits per heavy atom. The van der Waals surface area contributed by atoms with Crippen LogP contribution in [0.4, 0.5) is 4.79 Å². The number of carbonyl (C=O) groups is 1. The van der Waals surface area contributed by atoms with Gasteiger partial charge in [0.1, 0.15) is 6.61 Å². The zero-order valence-corrected chi connectivity index (χ0v) is 14.6. The predicted octanol–water partition coefficient (Wildman–Crippen LogP) is 3.83. The molecule has 1 aliphatic heterocycles. The molecule has 0 spiro atoms. The van der Waals surface area contributed by atoms with Crippen molar-refractivity contribution in [1.82, 2.24) is 10.2 Å².